The van der Waals surface area contributed by atoms with Gasteiger partial charge < -0.3 is 19.7 Å². The van der Waals surface area contributed by atoms with Gasteiger partial charge in [-0.2, -0.15) is 0 Å². The molecule has 2 aromatic rings. The Morgan fingerprint density at radius 1 is 1.28 bits per heavy atom. The Labute approximate surface area is 173 Å². The van der Waals surface area contributed by atoms with Gasteiger partial charge in [0.05, 0.1) is 25.3 Å². The van der Waals surface area contributed by atoms with Crippen LogP contribution in [-0.4, -0.2) is 44.0 Å². The van der Waals surface area contributed by atoms with E-state index in [0.29, 0.717) is 34.4 Å². The van der Waals surface area contributed by atoms with E-state index in [9.17, 15) is 14.0 Å². The van der Waals surface area contributed by atoms with Gasteiger partial charge in [0.15, 0.2) is 11.5 Å². The standard InChI is InChI=1S/C21H22ClFN2O4/c1-4-29-21-17(22)10-14(11-18(21)28-3)8-9-20(27)25(2)13-19(26)24-16-7-5-6-15(23)12-16/h5-12H,4,13H2,1-3H3,(H,24,26)/b9-8+. The Bertz CT molecular complexity index is 918. The molecule has 1 N–H and O–H groups in total. The van der Waals surface area contributed by atoms with Crippen LogP contribution in [0.15, 0.2) is 42.5 Å². The SMILES string of the molecule is CCOc1c(Cl)cc(/C=C/C(=O)N(C)CC(=O)Nc2cccc(F)c2)cc1OC. The molecular formula is C21H22ClFN2O4. The second-order valence-corrected chi connectivity index (χ2v) is 6.46. The molecule has 0 atom stereocenters. The first-order valence-electron chi connectivity index (χ1n) is 8.83. The van der Waals surface area contributed by atoms with Crippen LogP contribution in [0.25, 0.3) is 6.08 Å². The van der Waals surface area contributed by atoms with E-state index in [1.807, 2.05) is 6.92 Å². The van der Waals surface area contributed by atoms with Gasteiger partial charge in [-0.1, -0.05) is 17.7 Å². The van der Waals surface area contributed by atoms with Crippen molar-refractivity contribution in [3.8, 4) is 11.5 Å². The summed E-state index contributed by atoms with van der Waals surface area (Å²) in [5, 5.41) is 2.90. The lowest BCUT2D eigenvalue weighted by Gasteiger charge is -2.15. The number of hydrogen-bond donors (Lipinski definition) is 1. The molecule has 0 heterocycles. The van der Waals surface area contributed by atoms with Crippen molar-refractivity contribution in [2.75, 3.05) is 32.6 Å². The van der Waals surface area contributed by atoms with Crippen LogP contribution < -0.4 is 14.8 Å². The average Bonchev–Trinajstić information content (AvgIpc) is 2.67. The number of carbonyl (C=O) groups excluding carboxylic acids is 2. The van der Waals surface area contributed by atoms with Gasteiger partial charge in [0.2, 0.25) is 11.8 Å². The molecule has 0 saturated carbocycles. The van der Waals surface area contributed by atoms with Crippen LogP contribution in [0.1, 0.15) is 12.5 Å². The number of hydrogen-bond acceptors (Lipinski definition) is 4. The quantitative estimate of drug-likeness (QED) is 0.655. The van der Waals surface area contributed by atoms with Gasteiger partial charge in [-0.25, -0.2) is 4.39 Å². The normalized spacial score (nSPS) is 10.7. The Morgan fingerprint density at radius 3 is 2.69 bits per heavy atom. The van der Waals surface area contributed by atoms with Crippen molar-refractivity contribution >= 4 is 35.2 Å². The third kappa shape index (κ3) is 6.50. The highest BCUT2D eigenvalue weighted by Crippen LogP contribution is 2.36. The van der Waals surface area contributed by atoms with Gasteiger partial charge >= 0.3 is 0 Å². The molecule has 29 heavy (non-hydrogen) atoms. The fraction of sp³-hybridized carbons (Fsp3) is 0.238. The number of benzene rings is 2. The molecule has 0 aliphatic heterocycles. The summed E-state index contributed by atoms with van der Waals surface area (Å²) in [7, 11) is 2.99. The third-order valence-electron chi connectivity index (χ3n) is 3.82. The second-order valence-electron chi connectivity index (χ2n) is 6.05. The molecule has 154 valence electrons. The summed E-state index contributed by atoms with van der Waals surface area (Å²) >= 11 is 6.21. The summed E-state index contributed by atoms with van der Waals surface area (Å²) in [5.41, 5.74) is 0.962. The molecule has 0 bridgehead atoms. The van der Waals surface area contributed by atoms with E-state index in [1.165, 1.54) is 43.3 Å². The number of ether oxygens (including phenoxy) is 2. The maximum absolute atomic E-state index is 13.2. The van der Waals surface area contributed by atoms with Crippen LogP contribution in [0, 0.1) is 5.82 Å². The first-order valence-corrected chi connectivity index (χ1v) is 9.20. The average molecular weight is 421 g/mol. The Kier molecular flexibility index (Phi) is 8.03. The number of amides is 2. The molecular weight excluding hydrogens is 399 g/mol. The van der Waals surface area contributed by atoms with E-state index < -0.39 is 11.7 Å². The monoisotopic (exact) mass is 420 g/mol. The Morgan fingerprint density at radius 2 is 2.03 bits per heavy atom. The predicted molar refractivity (Wildman–Crippen MR) is 111 cm³/mol. The molecule has 2 rings (SSSR count). The third-order valence-corrected chi connectivity index (χ3v) is 4.10. The summed E-state index contributed by atoms with van der Waals surface area (Å²) in [6, 6.07) is 8.86. The van der Waals surface area contributed by atoms with E-state index in [4.69, 9.17) is 21.1 Å². The van der Waals surface area contributed by atoms with Crippen LogP contribution in [0.2, 0.25) is 5.02 Å². The van der Waals surface area contributed by atoms with Crippen LogP contribution in [0.5, 0.6) is 11.5 Å². The molecule has 0 spiro atoms. The fourth-order valence-corrected chi connectivity index (χ4v) is 2.75. The molecule has 0 saturated heterocycles. The van der Waals surface area contributed by atoms with Gasteiger partial charge in [0.1, 0.15) is 5.82 Å². The zero-order chi connectivity index (χ0) is 21.4. The summed E-state index contributed by atoms with van der Waals surface area (Å²) in [5.74, 6) is -0.394. The Balaban J connectivity index is 2.00. The lowest BCUT2D eigenvalue weighted by molar-refractivity contribution is -0.129. The maximum Gasteiger partial charge on any atom is 0.246 e. The van der Waals surface area contributed by atoms with Crippen molar-refractivity contribution in [2.24, 2.45) is 0 Å². The van der Waals surface area contributed by atoms with Crippen molar-refractivity contribution in [1.82, 2.24) is 4.90 Å². The maximum atomic E-state index is 13.2. The second kappa shape index (κ2) is 10.5. The zero-order valence-corrected chi connectivity index (χ0v) is 17.1. The number of rotatable bonds is 8. The van der Waals surface area contributed by atoms with E-state index in [0.717, 1.165) is 0 Å². The molecule has 0 aromatic heterocycles. The molecule has 6 nitrogen and oxygen atoms in total. The van der Waals surface area contributed by atoms with Gasteiger partial charge in [0, 0.05) is 18.8 Å². The van der Waals surface area contributed by atoms with E-state index >= 15 is 0 Å². The molecule has 2 aromatic carbocycles. The molecule has 0 unspecified atom stereocenters. The van der Waals surface area contributed by atoms with Crippen molar-refractivity contribution in [3.05, 3.63) is 58.9 Å². The van der Waals surface area contributed by atoms with E-state index in [2.05, 4.69) is 5.32 Å². The van der Waals surface area contributed by atoms with E-state index in [1.54, 1.807) is 24.3 Å². The Hall–Kier alpha value is -3.06. The minimum Gasteiger partial charge on any atom is -0.493 e. The first-order chi connectivity index (χ1) is 13.8. The number of likely N-dealkylation sites (N-methyl/N-ethyl adjacent to an activating group) is 1. The van der Waals surface area contributed by atoms with Gasteiger partial charge in [-0.3, -0.25) is 9.59 Å². The molecule has 0 fully saturated rings. The van der Waals surface area contributed by atoms with E-state index in [-0.39, 0.29) is 12.5 Å². The number of halogens is 2. The molecule has 2 amide bonds. The minimum atomic E-state index is -0.459. The van der Waals surface area contributed by atoms with Crippen LogP contribution in [-0.2, 0) is 9.59 Å². The molecule has 0 aliphatic rings. The summed E-state index contributed by atoms with van der Waals surface area (Å²) in [4.78, 5) is 25.6. The van der Waals surface area contributed by atoms with Gasteiger partial charge in [-0.15, -0.1) is 0 Å². The highest BCUT2D eigenvalue weighted by atomic mass is 35.5. The largest absolute Gasteiger partial charge is 0.493 e. The first kappa shape index (κ1) is 22.2. The zero-order valence-electron chi connectivity index (χ0n) is 16.4. The van der Waals surface area contributed by atoms with Crippen LogP contribution in [0.4, 0.5) is 10.1 Å². The highest BCUT2D eigenvalue weighted by Gasteiger charge is 2.13. The lowest BCUT2D eigenvalue weighted by Crippen LogP contribution is -2.33. The fourth-order valence-electron chi connectivity index (χ4n) is 2.48. The van der Waals surface area contributed by atoms with Gasteiger partial charge in [0.25, 0.3) is 0 Å². The van der Waals surface area contributed by atoms with Gasteiger partial charge in [-0.05, 0) is 48.9 Å². The van der Waals surface area contributed by atoms with Crippen LogP contribution >= 0.6 is 11.6 Å². The smallest absolute Gasteiger partial charge is 0.246 e. The number of anilines is 1. The summed E-state index contributed by atoms with van der Waals surface area (Å²) < 4.78 is 23.9. The lowest BCUT2D eigenvalue weighted by atomic mass is 10.2. The molecule has 0 radical (unpaired) electrons. The van der Waals surface area contributed by atoms with Crippen molar-refractivity contribution in [3.63, 3.8) is 0 Å². The molecule has 0 aliphatic carbocycles. The highest BCUT2D eigenvalue weighted by molar-refractivity contribution is 6.32. The van der Waals surface area contributed by atoms with Crippen LogP contribution in [0.3, 0.4) is 0 Å². The summed E-state index contributed by atoms with van der Waals surface area (Å²) in [6.45, 7) is 2.09. The number of methoxy groups -OCH3 is 1. The topological polar surface area (TPSA) is 67.9 Å². The number of carbonyl (C=O) groups is 2. The number of nitrogens with zero attached hydrogens (tertiary/aromatic N) is 1. The predicted octanol–water partition coefficient (Wildman–Crippen LogP) is 4.00. The number of nitrogens with one attached hydrogen (secondary N) is 1. The van der Waals surface area contributed by atoms with Crippen molar-refractivity contribution in [2.45, 2.75) is 6.92 Å². The van der Waals surface area contributed by atoms with Crippen molar-refractivity contribution in [1.29, 1.82) is 0 Å². The summed E-state index contributed by atoms with van der Waals surface area (Å²) in [6.07, 6.45) is 2.88. The van der Waals surface area contributed by atoms with Crippen molar-refractivity contribution < 1.29 is 23.5 Å². The minimum absolute atomic E-state index is 0.187. The molecule has 8 heteroatoms.